The number of rotatable bonds is 4. The first-order valence-electron chi connectivity index (χ1n) is 7.66. The highest BCUT2D eigenvalue weighted by Crippen LogP contribution is 2.34. The summed E-state index contributed by atoms with van der Waals surface area (Å²) in [5.41, 5.74) is 2.90. The average Bonchev–Trinajstić information content (AvgIpc) is 2.92. The fraction of sp³-hybridized carbons (Fsp3) is 0.588. The van der Waals surface area contributed by atoms with E-state index in [-0.39, 0.29) is 0 Å². The molecule has 0 spiro atoms. The molecule has 1 saturated heterocycles. The fourth-order valence-electron chi connectivity index (χ4n) is 3.63. The van der Waals surface area contributed by atoms with Crippen LogP contribution >= 0.6 is 0 Å². The van der Waals surface area contributed by atoms with E-state index in [9.17, 15) is 4.79 Å². The lowest BCUT2D eigenvalue weighted by atomic mass is 9.80. The van der Waals surface area contributed by atoms with Crippen LogP contribution < -0.4 is 5.32 Å². The summed E-state index contributed by atoms with van der Waals surface area (Å²) in [7, 11) is 0. The van der Waals surface area contributed by atoms with Gasteiger partial charge in [-0.1, -0.05) is 24.3 Å². The summed E-state index contributed by atoms with van der Waals surface area (Å²) in [5.74, 6) is 0.917. The van der Waals surface area contributed by atoms with Crippen molar-refractivity contribution >= 4 is 5.78 Å². The summed E-state index contributed by atoms with van der Waals surface area (Å²) in [6, 6.07) is 9.13. The van der Waals surface area contributed by atoms with E-state index >= 15 is 0 Å². The molecule has 0 amide bonds. The van der Waals surface area contributed by atoms with E-state index in [4.69, 9.17) is 0 Å². The molecular formula is C17H23NO. The van der Waals surface area contributed by atoms with Gasteiger partial charge in [-0.25, -0.2) is 0 Å². The lowest BCUT2D eigenvalue weighted by Gasteiger charge is -2.25. The maximum Gasteiger partial charge on any atom is 0.135 e. The van der Waals surface area contributed by atoms with E-state index in [2.05, 4.69) is 29.6 Å². The van der Waals surface area contributed by atoms with Crippen LogP contribution in [-0.4, -0.2) is 18.4 Å². The van der Waals surface area contributed by atoms with Gasteiger partial charge in [0, 0.05) is 18.9 Å². The molecule has 3 rings (SSSR count). The largest absolute Gasteiger partial charge is 0.314 e. The monoisotopic (exact) mass is 257 g/mol. The number of carbonyl (C=O) groups excluding carboxylic acids is 1. The number of Topliss-reactive ketones (excluding diaryl/α,β-unsaturated/α-hetero) is 1. The van der Waals surface area contributed by atoms with Crippen molar-refractivity contribution in [2.45, 2.75) is 56.9 Å². The lowest BCUT2D eigenvalue weighted by Crippen LogP contribution is -2.25. The van der Waals surface area contributed by atoms with Gasteiger partial charge in [0.25, 0.3) is 0 Å². The van der Waals surface area contributed by atoms with Gasteiger partial charge in [-0.15, -0.1) is 0 Å². The number of hydrogen-bond donors (Lipinski definition) is 1. The molecule has 2 nitrogen and oxygen atoms in total. The third-order valence-corrected chi connectivity index (χ3v) is 4.60. The minimum Gasteiger partial charge on any atom is -0.314 e. The molecule has 19 heavy (non-hydrogen) atoms. The molecule has 2 atom stereocenters. The summed E-state index contributed by atoms with van der Waals surface area (Å²) in [6.07, 6.45) is 7.48. The second kappa shape index (κ2) is 5.87. The van der Waals surface area contributed by atoms with Crippen LogP contribution in [0, 0.1) is 0 Å². The van der Waals surface area contributed by atoms with Crippen molar-refractivity contribution in [3.8, 4) is 0 Å². The molecule has 1 N–H and O–H groups in total. The number of fused-ring (bicyclic) bond motifs is 1. The molecule has 102 valence electrons. The van der Waals surface area contributed by atoms with Gasteiger partial charge in [-0.2, -0.15) is 0 Å². The van der Waals surface area contributed by atoms with Gasteiger partial charge < -0.3 is 5.32 Å². The van der Waals surface area contributed by atoms with E-state index in [1.165, 1.54) is 43.2 Å². The number of aryl methyl sites for hydroxylation is 1. The van der Waals surface area contributed by atoms with Gasteiger partial charge in [-0.3, -0.25) is 4.79 Å². The van der Waals surface area contributed by atoms with Crippen molar-refractivity contribution in [3.05, 3.63) is 35.4 Å². The summed E-state index contributed by atoms with van der Waals surface area (Å²) >= 11 is 0. The minimum atomic E-state index is 0.445. The number of carbonyl (C=O) groups is 1. The minimum absolute atomic E-state index is 0.445. The van der Waals surface area contributed by atoms with Crippen LogP contribution in [0.25, 0.3) is 0 Å². The van der Waals surface area contributed by atoms with E-state index in [0.29, 0.717) is 17.7 Å². The van der Waals surface area contributed by atoms with Gasteiger partial charge >= 0.3 is 0 Å². The average molecular weight is 257 g/mol. The van der Waals surface area contributed by atoms with Crippen LogP contribution in [0.15, 0.2) is 24.3 Å². The molecule has 1 heterocycles. The molecular weight excluding hydrogens is 234 g/mol. The summed E-state index contributed by atoms with van der Waals surface area (Å²) in [5, 5.41) is 3.42. The predicted molar refractivity (Wildman–Crippen MR) is 77.4 cm³/mol. The van der Waals surface area contributed by atoms with Gasteiger partial charge in [0.15, 0.2) is 0 Å². The Morgan fingerprint density at radius 1 is 1.16 bits per heavy atom. The van der Waals surface area contributed by atoms with Crippen LogP contribution in [0.4, 0.5) is 0 Å². The van der Waals surface area contributed by atoms with Crippen molar-refractivity contribution in [2.24, 2.45) is 0 Å². The standard InChI is InChI=1S/C17H23NO/c19-16(12-15-8-4-10-18-15)11-14-7-3-6-13-5-1-2-9-17(13)14/h1-2,5,9,14-15,18H,3-4,6-8,10-12H2. The molecule has 1 aliphatic heterocycles. The van der Waals surface area contributed by atoms with Crippen LogP contribution in [-0.2, 0) is 11.2 Å². The predicted octanol–water partition coefficient (Wildman–Crippen LogP) is 3.21. The van der Waals surface area contributed by atoms with E-state index in [1.54, 1.807) is 0 Å². The Morgan fingerprint density at radius 2 is 2.05 bits per heavy atom. The zero-order valence-corrected chi connectivity index (χ0v) is 11.5. The first-order chi connectivity index (χ1) is 9.33. The molecule has 2 unspecified atom stereocenters. The van der Waals surface area contributed by atoms with Gasteiger partial charge in [0.1, 0.15) is 5.78 Å². The van der Waals surface area contributed by atoms with Crippen molar-refractivity contribution < 1.29 is 4.79 Å². The smallest absolute Gasteiger partial charge is 0.135 e. The first-order valence-corrected chi connectivity index (χ1v) is 7.66. The molecule has 2 heteroatoms. The molecule has 0 radical (unpaired) electrons. The van der Waals surface area contributed by atoms with E-state index in [0.717, 1.165) is 19.4 Å². The number of nitrogens with one attached hydrogen (secondary N) is 1. The van der Waals surface area contributed by atoms with Gasteiger partial charge in [0.2, 0.25) is 0 Å². The lowest BCUT2D eigenvalue weighted by molar-refractivity contribution is -0.119. The number of benzene rings is 1. The summed E-state index contributed by atoms with van der Waals surface area (Å²) < 4.78 is 0. The molecule has 2 aliphatic rings. The Hall–Kier alpha value is -1.15. The zero-order valence-electron chi connectivity index (χ0n) is 11.5. The molecule has 1 aromatic carbocycles. The highest BCUT2D eigenvalue weighted by molar-refractivity contribution is 5.80. The molecule has 0 aromatic heterocycles. The molecule has 0 saturated carbocycles. The van der Waals surface area contributed by atoms with Crippen molar-refractivity contribution in [1.82, 2.24) is 5.32 Å². The highest BCUT2D eigenvalue weighted by atomic mass is 16.1. The molecule has 1 fully saturated rings. The Labute approximate surface area is 115 Å². The topological polar surface area (TPSA) is 29.1 Å². The quantitative estimate of drug-likeness (QED) is 0.897. The Bertz CT molecular complexity index is 448. The normalized spacial score (nSPS) is 26.1. The zero-order chi connectivity index (χ0) is 13.1. The SMILES string of the molecule is O=C(CC1CCCN1)CC1CCCc2ccccc21. The third kappa shape index (κ3) is 3.06. The van der Waals surface area contributed by atoms with Crippen molar-refractivity contribution in [1.29, 1.82) is 0 Å². The third-order valence-electron chi connectivity index (χ3n) is 4.60. The van der Waals surface area contributed by atoms with Gasteiger partial charge in [-0.05, 0) is 55.7 Å². The second-order valence-electron chi connectivity index (χ2n) is 6.03. The summed E-state index contributed by atoms with van der Waals surface area (Å²) in [6.45, 7) is 1.09. The second-order valence-corrected chi connectivity index (χ2v) is 6.03. The first kappa shape index (κ1) is 12.9. The van der Waals surface area contributed by atoms with Gasteiger partial charge in [0.05, 0.1) is 0 Å². The van der Waals surface area contributed by atoms with Crippen molar-refractivity contribution in [3.63, 3.8) is 0 Å². The van der Waals surface area contributed by atoms with Crippen LogP contribution in [0.3, 0.4) is 0 Å². The van der Waals surface area contributed by atoms with Crippen LogP contribution in [0.1, 0.15) is 55.6 Å². The number of hydrogen-bond acceptors (Lipinski definition) is 2. The maximum absolute atomic E-state index is 12.2. The molecule has 1 aliphatic carbocycles. The molecule has 1 aromatic rings. The van der Waals surface area contributed by atoms with E-state index < -0.39 is 0 Å². The molecule has 0 bridgehead atoms. The van der Waals surface area contributed by atoms with Crippen LogP contribution in [0.5, 0.6) is 0 Å². The summed E-state index contributed by atoms with van der Waals surface area (Å²) in [4.78, 5) is 12.2. The Balaban J connectivity index is 1.62. The Morgan fingerprint density at radius 3 is 2.89 bits per heavy atom. The number of ketones is 1. The van der Waals surface area contributed by atoms with E-state index in [1.807, 2.05) is 0 Å². The Kier molecular flexibility index (Phi) is 3.97. The maximum atomic E-state index is 12.2. The fourth-order valence-corrected chi connectivity index (χ4v) is 3.63. The highest BCUT2D eigenvalue weighted by Gasteiger charge is 2.24. The van der Waals surface area contributed by atoms with Crippen molar-refractivity contribution in [2.75, 3.05) is 6.54 Å². The van der Waals surface area contributed by atoms with Crippen LogP contribution in [0.2, 0.25) is 0 Å².